The number of anilines is 2. The Kier molecular flexibility index (Phi) is 5.47. The van der Waals surface area contributed by atoms with Crippen molar-refractivity contribution in [2.24, 2.45) is 0 Å². The number of aromatic amines is 1. The van der Waals surface area contributed by atoms with Crippen molar-refractivity contribution in [3.63, 3.8) is 0 Å². The average molecular weight is 467 g/mol. The summed E-state index contributed by atoms with van der Waals surface area (Å²) < 4.78 is 5.42. The molecule has 35 heavy (non-hydrogen) atoms. The van der Waals surface area contributed by atoms with E-state index >= 15 is 0 Å². The number of fused-ring (bicyclic) bond motifs is 2. The number of morpholine rings is 1. The van der Waals surface area contributed by atoms with Crippen LogP contribution in [-0.2, 0) is 9.53 Å². The molecule has 2 aliphatic heterocycles. The molecule has 0 spiro atoms. The largest absolute Gasteiger partial charge is 0.378 e. The lowest BCUT2D eigenvalue weighted by molar-refractivity contribution is -0.117. The fraction of sp³-hybridized carbons (Fsp3) is 0.214. The lowest BCUT2D eigenvalue weighted by Crippen LogP contribution is -2.36. The zero-order valence-corrected chi connectivity index (χ0v) is 19.2. The molecule has 2 amide bonds. The molecule has 0 bridgehead atoms. The van der Waals surface area contributed by atoms with Gasteiger partial charge in [0, 0.05) is 52.7 Å². The molecule has 1 fully saturated rings. The number of hydrogen-bond acceptors (Lipinski definition) is 4. The van der Waals surface area contributed by atoms with Gasteiger partial charge in [0.25, 0.3) is 5.91 Å². The Labute approximate surface area is 203 Å². The Morgan fingerprint density at radius 1 is 0.943 bits per heavy atom. The Hall–Kier alpha value is -4.10. The van der Waals surface area contributed by atoms with Crippen LogP contribution in [0.5, 0.6) is 0 Å². The maximum Gasteiger partial charge on any atom is 0.255 e. The SMILES string of the molecule is O=C(CN1C(=O)c2ccccc2C1c1c[nH]c2ccccc12)Nc1ccc(N2CCOCC2)cc1. The number of nitrogens with zero attached hydrogens (tertiary/aromatic N) is 2. The highest BCUT2D eigenvalue weighted by atomic mass is 16.5. The van der Waals surface area contributed by atoms with Crippen LogP contribution >= 0.6 is 0 Å². The molecule has 4 aromatic rings. The molecular weight excluding hydrogens is 440 g/mol. The number of rotatable bonds is 5. The fourth-order valence-corrected chi connectivity index (χ4v) is 5.12. The number of carbonyl (C=O) groups excluding carboxylic acids is 2. The minimum absolute atomic E-state index is 0.0388. The second kappa shape index (κ2) is 8.92. The van der Waals surface area contributed by atoms with E-state index in [1.807, 2.05) is 79.0 Å². The number of H-pyrrole nitrogens is 1. The third-order valence-corrected chi connectivity index (χ3v) is 6.82. The molecule has 1 aromatic heterocycles. The first-order valence-corrected chi connectivity index (χ1v) is 11.9. The fourth-order valence-electron chi connectivity index (χ4n) is 5.12. The van der Waals surface area contributed by atoms with Crippen LogP contribution in [0, 0.1) is 0 Å². The number of hydrogen-bond donors (Lipinski definition) is 2. The van der Waals surface area contributed by atoms with Gasteiger partial charge in [-0.25, -0.2) is 0 Å². The van der Waals surface area contributed by atoms with Crippen molar-refractivity contribution in [1.82, 2.24) is 9.88 Å². The molecule has 7 nitrogen and oxygen atoms in total. The zero-order valence-electron chi connectivity index (χ0n) is 19.2. The lowest BCUT2D eigenvalue weighted by atomic mass is 9.97. The number of benzene rings is 3. The molecule has 1 atom stereocenters. The molecule has 1 saturated heterocycles. The van der Waals surface area contributed by atoms with Crippen molar-refractivity contribution in [2.75, 3.05) is 43.1 Å². The molecule has 0 aliphatic carbocycles. The molecule has 0 saturated carbocycles. The van der Waals surface area contributed by atoms with E-state index in [2.05, 4.69) is 15.2 Å². The summed E-state index contributed by atoms with van der Waals surface area (Å²) in [5.41, 5.74) is 5.37. The summed E-state index contributed by atoms with van der Waals surface area (Å²) in [6, 6.07) is 23.1. The summed E-state index contributed by atoms with van der Waals surface area (Å²) in [4.78, 5) is 33.7. The van der Waals surface area contributed by atoms with E-state index < -0.39 is 0 Å². The van der Waals surface area contributed by atoms with Gasteiger partial charge in [0.15, 0.2) is 0 Å². The molecule has 3 heterocycles. The molecule has 7 heteroatoms. The number of nitrogens with one attached hydrogen (secondary N) is 2. The van der Waals surface area contributed by atoms with Crippen LogP contribution in [0.25, 0.3) is 10.9 Å². The van der Waals surface area contributed by atoms with Crippen LogP contribution in [0.1, 0.15) is 27.5 Å². The summed E-state index contributed by atoms with van der Waals surface area (Å²) in [5, 5.41) is 4.01. The third-order valence-electron chi connectivity index (χ3n) is 6.82. The van der Waals surface area contributed by atoms with Gasteiger partial charge < -0.3 is 24.8 Å². The standard InChI is InChI=1S/C28H26N4O3/c33-26(30-19-9-11-20(12-10-19)31-13-15-35-16-14-31)18-32-27(22-6-1-2-7-23(22)28(32)34)24-17-29-25-8-4-3-5-21(24)25/h1-12,17,27,29H,13-16,18H2,(H,30,33). The first kappa shape index (κ1) is 21.4. The lowest BCUT2D eigenvalue weighted by Gasteiger charge is -2.29. The van der Waals surface area contributed by atoms with Gasteiger partial charge in [-0.2, -0.15) is 0 Å². The summed E-state index contributed by atoms with van der Waals surface area (Å²) in [5.74, 6) is -0.358. The Bertz CT molecular complexity index is 1390. The third kappa shape index (κ3) is 3.94. The normalized spacial score (nSPS) is 17.6. The van der Waals surface area contributed by atoms with E-state index in [9.17, 15) is 9.59 Å². The predicted molar refractivity (Wildman–Crippen MR) is 136 cm³/mol. The van der Waals surface area contributed by atoms with Crippen LogP contribution in [-0.4, -0.2) is 54.5 Å². The van der Waals surface area contributed by atoms with Crippen molar-refractivity contribution < 1.29 is 14.3 Å². The van der Waals surface area contributed by atoms with Gasteiger partial charge in [-0.1, -0.05) is 36.4 Å². The molecule has 1 unspecified atom stereocenters. The molecule has 176 valence electrons. The van der Waals surface area contributed by atoms with Gasteiger partial charge in [-0.3, -0.25) is 9.59 Å². The molecule has 0 radical (unpaired) electrons. The van der Waals surface area contributed by atoms with Gasteiger partial charge in [-0.15, -0.1) is 0 Å². The number of aromatic nitrogens is 1. The van der Waals surface area contributed by atoms with E-state index in [0.717, 1.165) is 54.0 Å². The van der Waals surface area contributed by atoms with Crippen molar-refractivity contribution in [3.8, 4) is 0 Å². The topological polar surface area (TPSA) is 77.7 Å². The number of amides is 2. The highest BCUT2D eigenvalue weighted by Crippen LogP contribution is 2.40. The van der Waals surface area contributed by atoms with E-state index in [0.29, 0.717) is 11.3 Å². The summed E-state index contributed by atoms with van der Waals surface area (Å²) in [6.45, 7) is 3.13. The molecule has 6 rings (SSSR count). The quantitative estimate of drug-likeness (QED) is 0.462. The Morgan fingerprint density at radius 3 is 2.51 bits per heavy atom. The molecule has 2 N–H and O–H groups in total. The first-order chi connectivity index (χ1) is 17.2. The number of carbonyl (C=O) groups is 2. The van der Waals surface area contributed by atoms with Crippen LogP contribution in [0.2, 0.25) is 0 Å². The average Bonchev–Trinajstić information content (AvgIpc) is 3.44. The van der Waals surface area contributed by atoms with Gasteiger partial charge in [0.1, 0.15) is 6.54 Å². The van der Waals surface area contributed by atoms with Gasteiger partial charge in [-0.05, 0) is 42.0 Å². The minimum atomic E-state index is -0.329. The number of ether oxygens (including phenoxy) is 1. The maximum atomic E-state index is 13.4. The van der Waals surface area contributed by atoms with Crippen LogP contribution in [0.3, 0.4) is 0 Å². The zero-order chi connectivity index (χ0) is 23.8. The summed E-state index contributed by atoms with van der Waals surface area (Å²) in [6.07, 6.45) is 1.94. The van der Waals surface area contributed by atoms with E-state index in [4.69, 9.17) is 4.74 Å². The summed E-state index contributed by atoms with van der Waals surface area (Å²) >= 11 is 0. The monoisotopic (exact) mass is 466 g/mol. The van der Waals surface area contributed by atoms with Crippen molar-refractivity contribution >= 4 is 34.1 Å². The maximum absolute atomic E-state index is 13.4. The van der Waals surface area contributed by atoms with E-state index in [1.54, 1.807) is 4.90 Å². The second-order valence-corrected chi connectivity index (χ2v) is 8.91. The van der Waals surface area contributed by atoms with Crippen LogP contribution in [0.4, 0.5) is 11.4 Å². The molecular formula is C28H26N4O3. The summed E-state index contributed by atoms with van der Waals surface area (Å²) in [7, 11) is 0. The minimum Gasteiger partial charge on any atom is -0.378 e. The van der Waals surface area contributed by atoms with Gasteiger partial charge in [0.05, 0.1) is 19.3 Å². The second-order valence-electron chi connectivity index (χ2n) is 8.91. The Balaban J connectivity index is 1.24. The highest BCUT2D eigenvalue weighted by molar-refractivity contribution is 6.04. The Morgan fingerprint density at radius 2 is 1.69 bits per heavy atom. The molecule has 2 aliphatic rings. The van der Waals surface area contributed by atoms with Crippen LogP contribution < -0.4 is 10.2 Å². The smallest absolute Gasteiger partial charge is 0.255 e. The van der Waals surface area contributed by atoms with Gasteiger partial charge >= 0.3 is 0 Å². The van der Waals surface area contributed by atoms with Gasteiger partial charge in [0.2, 0.25) is 5.91 Å². The predicted octanol–water partition coefficient (Wildman–Crippen LogP) is 4.19. The van der Waals surface area contributed by atoms with Crippen LogP contribution in [0.15, 0.2) is 79.0 Å². The number of para-hydroxylation sites is 1. The highest BCUT2D eigenvalue weighted by Gasteiger charge is 2.39. The molecule has 3 aromatic carbocycles. The van der Waals surface area contributed by atoms with Crippen molar-refractivity contribution in [2.45, 2.75) is 6.04 Å². The van der Waals surface area contributed by atoms with Crippen molar-refractivity contribution in [3.05, 3.63) is 95.7 Å². The first-order valence-electron chi connectivity index (χ1n) is 11.9. The van der Waals surface area contributed by atoms with E-state index in [-0.39, 0.29) is 24.4 Å². The van der Waals surface area contributed by atoms with Crippen molar-refractivity contribution in [1.29, 1.82) is 0 Å². The van der Waals surface area contributed by atoms with E-state index in [1.165, 1.54) is 0 Å².